The number of aromatic nitrogens is 1. The highest BCUT2D eigenvalue weighted by molar-refractivity contribution is 5.31. The van der Waals surface area contributed by atoms with Gasteiger partial charge in [-0.1, -0.05) is 12.0 Å². The van der Waals surface area contributed by atoms with Crippen LogP contribution in [0.1, 0.15) is 12.5 Å². The van der Waals surface area contributed by atoms with E-state index in [1.54, 1.807) is 5.92 Å². The van der Waals surface area contributed by atoms with Gasteiger partial charge >= 0.3 is 6.18 Å². The van der Waals surface area contributed by atoms with Crippen LogP contribution >= 0.6 is 0 Å². The Morgan fingerprint density at radius 1 is 1.40 bits per heavy atom. The molecule has 1 heterocycles. The maximum atomic E-state index is 12.6. The number of aliphatic hydroxyl groups is 1. The van der Waals surface area contributed by atoms with Gasteiger partial charge in [-0.05, 0) is 13.0 Å². The van der Waals surface area contributed by atoms with Crippen LogP contribution in [0.15, 0.2) is 24.5 Å². The summed E-state index contributed by atoms with van der Waals surface area (Å²) in [4.78, 5) is 3.52. The van der Waals surface area contributed by atoms with Crippen LogP contribution in [0.25, 0.3) is 0 Å². The molecule has 0 spiro atoms. The standard InChI is InChI=1S/C10H8F3NO/c1-2-5-9(15,10(11,12)13)8-4-3-6-14-7-8/h3-4,6-7,15H,1H3. The van der Waals surface area contributed by atoms with Gasteiger partial charge in [0.25, 0.3) is 0 Å². The summed E-state index contributed by atoms with van der Waals surface area (Å²) >= 11 is 0. The highest BCUT2D eigenvalue weighted by Crippen LogP contribution is 2.37. The molecule has 1 unspecified atom stereocenters. The first kappa shape index (κ1) is 11.5. The summed E-state index contributed by atoms with van der Waals surface area (Å²) in [5.74, 6) is 3.82. The second-order valence-electron chi connectivity index (χ2n) is 2.82. The summed E-state index contributed by atoms with van der Waals surface area (Å²) in [5, 5.41) is 9.48. The molecule has 0 saturated carbocycles. The first-order valence-electron chi connectivity index (χ1n) is 4.05. The third-order valence-corrected chi connectivity index (χ3v) is 1.80. The highest BCUT2D eigenvalue weighted by atomic mass is 19.4. The average Bonchev–Trinajstić information content (AvgIpc) is 2.18. The van der Waals surface area contributed by atoms with Gasteiger partial charge in [-0.15, -0.1) is 5.92 Å². The van der Waals surface area contributed by atoms with Crippen LogP contribution in [0.5, 0.6) is 0 Å². The lowest BCUT2D eigenvalue weighted by Crippen LogP contribution is -2.41. The third kappa shape index (κ3) is 2.10. The summed E-state index contributed by atoms with van der Waals surface area (Å²) in [6, 6.07) is 2.44. The molecule has 15 heavy (non-hydrogen) atoms. The van der Waals surface area contributed by atoms with Crippen molar-refractivity contribution in [3.8, 4) is 11.8 Å². The molecule has 0 aliphatic rings. The summed E-state index contributed by atoms with van der Waals surface area (Å²) in [5.41, 5.74) is -3.53. The topological polar surface area (TPSA) is 33.1 Å². The molecule has 2 nitrogen and oxygen atoms in total. The summed E-state index contributed by atoms with van der Waals surface area (Å²) < 4.78 is 37.8. The Labute approximate surface area is 84.8 Å². The molecule has 1 atom stereocenters. The number of pyridine rings is 1. The molecule has 1 aromatic rings. The first-order chi connectivity index (χ1) is 6.92. The second kappa shape index (κ2) is 3.91. The van der Waals surface area contributed by atoms with Crippen molar-refractivity contribution in [2.75, 3.05) is 0 Å². The quantitative estimate of drug-likeness (QED) is 0.725. The Morgan fingerprint density at radius 2 is 2.07 bits per heavy atom. The second-order valence-corrected chi connectivity index (χ2v) is 2.82. The van der Waals surface area contributed by atoms with Gasteiger partial charge in [0.2, 0.25) is 5.60 Å². The minimum absolute atomic E-state index is 0.383. The van der Waals surface area contributed by atoms with Gasteiger partial charge in [0, 0.05) is 18.0 Å². The number of halogens is 3. The van der Waals surface area contributed by atoms with Crippen LogP contribution in [0, 0.1) is 11.8 Å². The van der Waals surface area contributed by atoms with Crippen LogP contribution < -0.4 is 0 Å². The molecule has 1 aromatic heterocycles. The Bertz CT molecular complexity index is 391. The van der Waals surface area contributed by atoms with E-state index in [9.17, 15) is 18.3 Å². The molecule has 5 heteroatoms. The van der Waals surface area contributed by atoms with Gasteiger partial charge < -0.3 is 5.11 Å². The van der Waals surface area contributed by atoms with E-state index in [0.717, 1.165) is 12.3 Å². The Balaban J connectivity index is 3.30. The number of hydrogen-bond acceptors (Lipinski definition) is 2. The van der Waals surface area contributed by atoms with Crippen molar-refractivity contribution < 1.29 is 18.3 Å². The van der Waals surface area contributed by atoms with Crippen LogP contribution in [0.2, 0.25) is 0 Å². The van der Waals surface area contributed by atoms with E-state index >= 15 is 0 Å². The van der Waals surface area contributed by atoms with Crippen LogP contribution in [-0.4, -0.2) is 16.3 Å². The number of nitrogens with zero attached hydrogens (tertiary/aromatic N) is 1. The molecule has 1 N–H and O–H groups in total. The van der Waals surface area contributed by atoms with Crippen molar-refractivity contribution in [1.29, 1.82) is 0 Å². The summed E-state index contributed by atoms with van der Waals surface area (Å²) in [6.45, 7) is 1.23. The third-order valence-electron chi connectivity index (χ3n) is 1.80. The molecule has 0 amide bonds. The number of hydrogen-bond donors (Lipinski definition) is 1. The molecular formula is C10H8F3NO. The zero-order valence-electron chi connectivity index (χ0n) is 7.84. The normalized spacial score (nSPS) is 15.0. The van der Waals surface area contributed by atoms with Gasteiger partial charge in [0.15, 0.2) is 0 Å². The molecule has 0 bridgehead atoms. The first-order valence-corrected chi connectivity index (χ1v) is 4.05. The summed E-state index contributed by atoms with van der Waals surface area (Å²) in [7, 11) is 0. The van der Waals surface area contributed by atoms with Crippen molar-refractivity contribution >= 4 is 0 Å². The van der Waals surface area contributed by atoms with E-state index in [4.69, 9.17) is 0 Å². The van der Waals surface area contributed by atoms with E-state index in [1.165, 1.54) is 19.2 Å². The van der Waals surface area contributed by atoms with E-state index in [1.807, 2.05) is 0 Å². The van der Waals surface area contributed by atoms with Gasteiger partial charge in [-0.3, -0.25) is 4.98 Å². The van der Waals surface area contributed by atoms with Crippen molar-refractivity contribution in [2.45, 2.75) is 18.7 Å². The van der Waals surface area contributed by atoms with Crippen molar-refractivity contribution in [3.05, 3.63) is 30.1 Å². The van der Waals surface area contributed by atoms with E-state index in [0.29, 0.717) is 0 Å². The Morgan fingerprint density at radius 3 is 2.47 bits per heavy atom. The molecule has 0 radical (unpaired) electrons. The molecule has 0 fully saturated rings. The predicted octanol–water partition coefficient (Wildman–Crippen LogP) is 1.85. The van der Waals surface area contributed by atoms with Crippen molar-refractivity contribution in [1.82, 2.24) is 4.98 Å². The number of rotatable bonds is 1. The minimum Gasteiger partial charge on any atom is -0.366 e. The predicted molar refractivity (Wildman–Crippen MR) is 47.6 cm³/mol. The monoisotopic (exact) mass is 215 g/mol. The molecular weight excluding hydrogens is 207 g/mol. The fourth-order valence-corrected chi connectivity index (χ4v) is 1.06. The van der Waals surface area contributed by atoms with Gasteiger partial charge in [0.05, 0.1) is 0 Å². The number of alkyl halides is 3. The minimum atomic E-state index is -4.85. The van der Waals surface area contributed by atoms with E-state index < -0.39 is 11.8 Å². The van der Waals surface area contributed by atoms with Gasteiger partial charge in [-0.25, -0.2) is 0 Å². The molecule has 0 aromatic carbocycles. The smallest absolute Gasteiger partial charge is 0.366 e. The summed E-state index contributed by atoms with van der Waals surface area (Å²) in [6.07, 6.45) is -2.59. The molecule has 80 valence electrons. The largest absolute Gasteiger partial charge is 0.433 e. The fraction of sp³-hybridized carbons (Fsp3) is 0.300. The zero-order chi connectivity index (χ0) is 11.5. The fourth-order valence-electron chi connectivity index (χ4n) is 1.06. The van der Waals surface area contributed by atoms with Gasteiger partial charge in [-0.2, -0.15) is 13.2 Å². The Hall–Kier alpha value is -1.54. The van der Waals surface area contributed by atoms with E-state index in [2.05, 4.69) is 10.9 Å². The zero-order valence-corrected chi connectivity index (χ0v) is 7.84. The SMILES string of the molecule is CC#CC(O)(c1cccnc1)C(F)(F)F. The lowest BCUT2D eigenvalue weighted by atomic mass is 9.95. The van der Waals surface area contributed by atoms with Crippen LogP contribution in [-0.2, 0) is 5.60 Å². The van der Waals surface area contributed by atoms with Crippen molar-refractivity contribution in [3.63, 3.8) is 0 Å². The van der Waals surface area contributed by atoms with Crippen molar-refractivity contribution in [2.24, 2.45) is 0 Å². The highest BCUT2D eigenvalue weighted by Gasteiger charge is 2.54. The van der Waals surface area contributed by atoms with Crippen LogP contribution in [0.3, 0.4) is 0 Å². The molecule has 0 saturated heterocycles. The lowest BCUT2D eigenvalue weighted by molar-refractivity contribution is -0.240. The lowest BCUT2D eigenvalue weighted by Gasteiger charge is -2.25. The maximum Gasteiger partial charge on any atom is 0.433 e. The Kier molecular flexibility index (Phi) is 3.01. The van der Waals surface area contributed by atoms with Gasteiger partial charge in [0.1, 0.15) is 0 Å². The average molecular weight is 215 g/mol. The molecule has 0 aliphatic carbocycles. The van der Waals surface area contributed by atoms with E-state index in [-0.39, 0.29) is 5.56 Å². The van der Waals surface area contributed by atoms with Crippen LogP contribution in [0.4, 0.5) is 13.2 Å². The molecule has 1 rings (SSSR count). The molecule has 0 aliphatic heterocycles. The maximum absolute atomic E-state index is 12.6.